The summed E-state index contributed by atoms with van der Waals surface area (Å²) in [5, 5.41) is 11.9. The van der Waals surface area contributed by atoms with E-state index >= 15 is 0 Å². The second kappa shape index (κ2) is 6.97. The predicted octanol–water partition coefficient (Wildman–Crippen LogP) is 3.41. The normalized spacial score (nSPS) is 12.9. The van der Waals surface area contributed by atoms with Gasteiger partial charge in [-0.2, -0.15) is 0 Å². The Morgan fingerprint density at radius 3 is 2.76 bits per heavy atom. The number of aromatic nitrogens is 3. The highest BCUT2D eigenvalue weighted by Crippen LogP contribution is 2.32. The molecule has 146 valence electrons. The monoisotopic (exact) mass is 390 g/mol. The fraction of sp³-hybridized carbons (Fsp3) is 0.190. The lowest BCUT2D eigenvalue weighted by atomic mass is 10.1. The molecule has 1 amide bonds. The number of nitrogens with one attached hydrogen (secondary N) is 1. The van der Waals surface area contributed by atoms with Crippen LogP contribution in [0.3, 0.4) is 0 Å². The van der Waals surface area contributed by atoms with Crippen molar-refractivity contribution in [2.45, 2.75) is 13.5 Å². The van der Waals surface area contributed by atoms with Crippen LogP contribution in [0.15, 0.2) is 53.1 Å². The Kier molecular flexibility index (Phi) is 4.16. The zero-order valence-corrected chi connectivity index (χ0v) is 15.7. The number of fused-ring (bicyclic) bond motifs is 2. The zero-order valence-electron chi connectivity index (χ0n) is 15.7. The van der Waals surface area contributed by atoms with E-state index in [0.717, 1.165) is 16.5 Å². The first kappa shape index (κ1) is 17.3. The summed E-state index contributed by atoms with van der Waals surface area (Å²) in [6, 6.07) is 13.2. The van der Waals surface area contributed by atoms with E-state index in [4.69, 9.17) is 13.9 Å². The Morgan fingerprint density at radius 1 is 1.07 bits per heavy atom. The summed E-state index contributed by atoms with van der Waals surface area (Å²) in [6.45, 7) is 2.95. The molecule has 5 rings (SSSR count). The van der Waals surface area contributed by atoms with E-state index in [9.17, 15) is 4.79 Å². The molecule has 0 unspecified atom stereocenters. The lowest BCUT2D eigenvalue weighted by molar-refractivity contribution is -0.116. The quantitative estimate of drug-likeness (QED) is 0.574. The second-order valence-corrected chi connectivity index (χ2v) is 6.75. The van der Waals surface area contributed by atoms with E-state index < -0.39 is 0 Å². The standard InChI is InChI=1S/C21H18N4O4/c1-13-23-24-21(29-13)15-3-2-14-6-7-25(17(14)10-15)12-20(26)22-16-4-5-18-19(11-16)28-9-8-27-18/h2-7,10-11H,8-9,12H2,1H3,(H,22,26). The van der Waals surface area contributed by atoms with Crippen molar-refractivity contribution in [1.29, 1.82) is 0 Å². The van der Waals surface area contributed by atoms with Gasteiger partial charge in [-0.25, -0.2) is 0 Å². The highest BCUT2D eigenvalue weighted by Gasteiger charge is 2.14. The molecule has 0 radical (unpaired) electrons. The molecule has 4 aromatic rings. The van der Waals surface area contributed by atoms with Crippen LogP contribution in [0.25, 0.3) is 22.4 Å². The Labute approximate surface area is 166 Å². The smallest absolute Gasteiger partial charge is 0.247 e. The second-order valence-electron chi connectivity index (χ2n) is 6.75. The van der Waals surface area contributed by atoms with E-state index in [0.29, 0.717) is 42.2 Å². The van der Waals surface area contributed by atoms with Crippen LogP contribution in [0.5, 0.6) is 11.5 Å². The molecule has 8 heteroatoms. The molecular weight excluding hydrogens is 372 g/mol. The van der Waals surface area contributed by atoms with Gasteiger partial charge in [0.05, 0.1) is 0 Å². The van der Waals surface area contributed by atoms with Gasteiger partial charge in [-0.05, 0) is 35.7 Å². The lowest BCUT2D eigenvalue weighted by Crippen LogP contribution is -2.19. The third-order valence-corrected chi connectivity index (χ3v) is 4.69. The highest BCUT2D eigenvalue weighted by molar-refractivity contribution is 5.93. The van der Waals surface area contributed by atoms with Gasteiger partial charge in [0.1, 0.15) is 19.8 Å². The first-order chi connectivity index (χ1) is 14.2. The van der Waals surface area contributed by atoms with Gasteiger partial charge in [0, 0.05) is 36.0 Å². The number of hydrogen-bond acceptors (Lipinski definition) is 6. The summed E-state index contributed by atoms with van der Waals surface area (Å²) in [6.07, 6.45) is 1.89. The van der Waals surface area contributed by atoms with Gasteiger partial charge in [-0.3, -0.25) is 4.79 Å². The third kappa shape index (κ3) is 3.40. The molecule has 0 saturated carbocycles. The van der Waals surface area contributed by atoms with Crippen LogP contribution in [0.2, 0.25) is 0 Å². The number of carbonyl (C=O) groups excluding carboxylic acids is 1. The van der Waals surface area contributed by atoms with E-state index in [1.54, 1.807) is 25.1 Å². The maximum atomic E-state index is 12.6. The fourth-order valence-electron chi connectivity index (χ4n) is 3.34. The number of hydrogen-bond donors (Lipinski definition) is 1. The summed E-state index contributed by atoms with van der Waals surface area (Å²) in [7, 11) is 0. The fourth-order valence-corrected chi connectivity index (χ4v) is 3.34. The van der Waals surface area contributed by atoms with Crippen molar-refractivity contribution >= 4 is 22.5 Å². The first-order valence-corrected chi connectivity index (χ1v) is 9.24. The minimum atomic E-state index is -0.141. The molecule has 0 fully saturated rings. The first-order valence-electron chi connectivity index (χ1n) is 9.24. The Balaban J connectivity index is 1.36. The van der Waals surface area contributed by atoms with Crippen molar-refractivity contribution in [1.82, 2.24) is 14.8 Å². The summed E-state index contributed by atoms with van der Waals surface area (Å²) < 4.78 is 18.5. The van der Waals surface area contributed by atoms with Gasteiger partial charge >= 0.3 is 0 Å². The topological polar surface area (TPSA) is 91.4 Å². The number of amides is 1. The maximum Gasteiger partial charge on any atom is 0.247 e. The molecular formula is C21H18N4O4. The number of aryl methyl sites for hydroxylation is 1. The molecule has 2 aromatic heterocycles. The molecule has 1 aliphatic rings. The molecule has 0 atom stereocenters. The van der Waals surface area contributed by atoms with E-state index in [1.165, 1.54) is 0 Å². The van der Waals surface area contributed by atoms with Gasteiger partial charge < -0.3 is 23.8 Å². The lowest BCUT2D eigenvalue weighted by Gasteiger charge is -2.19. The SMILES string of the molecule is Cc1nnc(-c2ccc3ccn(CC(=O)Nc4ccc5c(c4)OCCO5)c3c2)o1. The van der Waals surface area contributed by atoms with Crippen molar-refractivity contribution in [2.24, 2.45) is 0 Å². The molecule has 0 spiro atoms. The molecule has 3 heterocycles. The summed E-state index contributed by atoms with van der Waals surface area (Å²) in [5.74, 6) is 2.15. The zero-order chi connectivity index (χ0) is 19.8. The van der Waals surface area contributed by atoms with Crippen molar-refractivity contribution in [3.63, 3.8) is 0 Å². The number of nitrogens with zero attached hydrogens (tertiary/aromatic N) is 3. The third-order valence-electron chi connectivity index (χ3n) is 4.69. The Hall–Kier alpha value is -3.81. The summed E-state index contributed by atoms with van der Waals surface area (Å²) in [4.78, 5) is 12.6. The molecule has 2 aromatic carbocycles. The molecule has 1 aliphatic heterocycles. The minimum Gasteiger partial charge on any atom is -0.486 e. The van der Waals surface area contributed by atoms with Crippen LogP contribution < -0.4 is 14.8 Å². The molecule has 0 bridgehead atoms. The highest BCUT2D eigenvalue weighted by atomic mass is 16.6. The molecule has 1 N–H and O–H groups in total. The maximum absolute atomic E-state index is 12.6. The van der Waals surface area contributed by atoms with Crippen LogP contribution in [-0.4, -0.2) is 33.9 Å². The van der Waals surface area contributed by atoms with E-state index in [2.05, 4.69) is 15.5 Å². The number of carbonyl (C=O) groups is 1. The predicted molar refractivity (Wildman–Crippen MR) is 106 cm³/mol. The number of rotatable bonds is 4. The Bertz CT molecular complexity index is 1210. The van der Waals surface area contributed by atoms with Crippen LogP contribution >= 0.6 is 0 Å². The molecule has 8 nitrogen and oxygen atoms in total. The number of ether oxygens (including phenoxy) is 2. The van der Waals surface area contributed by atoms with Gasteiger partial charge in [-0.1, -0.05) is 6.07 Å². The largest absolute Gasteiger partial charge is 0.486 e. The summed E-state index contributed by atoms with van der Waals surface area (Å²) >= 11 is 0. The Morgan fingerprint density at radius 2 is 1.93 bits per heavy atom. The van der Waals surface area contributed by atoms with Crippen molar-refractivity contribution < 1.29 is 18.7 Å². The van der Waals surface area contributed by atoms with Crippen LogP contribution in [0.4, 0.5) is 5.69 Å². The van der Waals surface area contributed by atoms with Crippen molar-refractivity contribution in [3.8, 4) is 23.0 Å². The van der Waals surface area contributed by atoms with Crippen molar-refractivity contribution in [3.05, 3.63) is 54.6 Å². The molecule has 0 aliphatic carbocycles. The van der Waals surface area contributed by atoms with E-state index in [1.807, 2.05) is 35.0 Å². The number of anilines is 1. The average molecular weight is 390 g/mol. The number of benzene rings is 2. The van der Waals surface area contributed by atoms with Gasteiger partial charge in [-0.15, -0.1) is 10.2 Å². The summed E-state index contributed by atoms with van der Waals surface area (Å²) in [5.41, 5.74) is 2.39. The van der Waals surface area contributed by atoms with Gasteiger partial charge in [0.2, 0.25) is 17.7 Å². The van der Waals surface area contributed by atoms with Crippen LogP contribution in [-0.2, 0) is 11.3 Å². The van der Waals surface area contributed by atoms with Gasteiger partial charge in [0.15, 0.2) is 11.5 Å². The van der Waals surface area contributed by atoms with Crippen LogP contribution in [0, 0.1) is 6.92 Å². The van der Waals surface area contributed by atoms with Crippen molar-refractivity contribution in [2.75, 3.05) is 18.5 Å². The average Bonchev–Trinajstić information content (AvgIpc) is 3.34. The van der Waals surface area contributed by atoms with Crippen LogP contribution in [0.1, 0.15) is 5.89 Å². The molecule has 0 saturated heterocycles. The van der Waals surface area contributed by atoms with Gasteiger partial charge in [0.25, 0.3) is 0 Å². The molecule has 29 heavy (non-hydrogen) atoms. The minimum absolute atomic E-state index is 0.141. The van der Waals surface area contributed by atoms with E-state index in [-0.39, 0.29) is 12.5 Å².